The Kier molecular flexibility index (Phi) is 4.78. The van der Waals surface area contributed by atoms with E-state index < -0.39 is 0 Å². The van der Waals surface area contributed by atoms with Crippen LogP contribution in [0.3, 0.4) is 0 Å². The number of para-hydroxylation sites is 1. The van der Waals surface area contributed by atoms with Gasteiger partial charge in [-0.15, -0.1) is 0 Å². The molecule has 0 bridgehead atoms. The molecule has 0 heterocycles. The summed E-state index contributed by atoms with van der Waals surface area (Å²) in [5.41, 5.74) is 0.841. The molecular weight excluding hydrogens is 220 g/mol. The van der Waals surface area contributed by atoms with E-state index in [4.69, 9.17) is 22.7 Å². The van der Waals surface area contributed by atoms with Gasteiger partial charge in [0.15, 0.2) is 5.11 Å². The quantitative estimate of drug-likeness (QED) is 0.633. The van der Waals surface area contributed by atoms with E-state index in [1.165, 1.54) is 4.90 Å². The zero-order valence-corrected chi connectivity index (χ0v) is 9.37. The van der Waals surface area contributed by atoms with E-state index in [-0.39, 0.29) is 13.1 Å². The lowest BCUT2D eigenvalue weighted by Gasteiger charge is -2.19. The second-order valence-corrected chi connectivity index (χ2v) is 3.36. The second kappa shape index (κ2) is 6.39. The van der Waals surface area contributed by atoms with Crippen molar-refractivity contribution in [3.05, 3.63) is 30.3 Å². The van der Waals surface area contributed by atoms with Crippen LogP contribution in [0.5, 0.6) is 0 Å². The third-order valence-electron chi connectivity index (χ3n) is 1.84. The Labute approximate surface area is 99.7 Å². The fourth-order valence-electron chi connectivity index (χ4n) is 1.09. The lowest BCUT2D eigenvalue weighted by molar-refractivity contribution is 0.532. The maximum Gasteiger partial charge on any atom is 0.175 e. The van der Waals surface area contributed by atoms with Gasteiger partial charge in [-0.2, -0.15) is 10.5 Å². The zero-order valence-electron chi connectivity index (χ0n) is 8.55. The van der Waals surface area contributed by atoms with Gasteiger partial charge in [0.2, 0.25) is 0 Å². The van der Waals surface area contributed by atoms with Gasteiger partial charge in [0.1, 0.15) is 13.1 Å². The van der Waals surface area contributed by atoms with Gasteiger partial charge in [-0.1, -0.05) is 18.2 Å². The van der Waals surface area contributed by atoms with Crippen LogP contribution < -0.4 is 5.32 Å². The molecule has 0 spiro atoms. The summed E-state index contributed by atoms with van der Waals surface area (Å²) in [6.07, 6.45) is 0. The molecule has 0 aromatic heterocycles. The Hall–Kier alpha value is -2.11. The van der Waals surface area contributed by atoms with Crippen LogP contribution in [0.15, 0.2) is 30.3 Å². The van der Waals surface area contributed by atoms with Crippen LogP contribution in [0.25, 0.3) is 0 Å². The first kappa shape index (κ1) is 12.0. The third-order valence-corrected chi connectivity index (χ3v) is 2.20. The van der Waals surface area contributed by atoms with E-state index >= 15 is 0 Å². The molecule has 1 N–H and O–H groups in total. The predicted octanol–water partition coefficient (Wildman–Crippen LogP) is 1.73. The number of hydrogen-bond donors (Lipinski definition) is 1. The van der Waals surface area contributed by atoms with Crippen molar-refractivity contribution >= 4 is 23.0 Å². The predicted molar refractivity (Wildman–Crippen MR) is 65.5 cm³/mol. The summed E-state index contributed by atoms with van der Waals surface area (Å²) in [7, 11) is 0. The molecule has 0 atom stereocenters. The van der Waals surface area contributed by atoms with E-state index in [2.05, 4.69) is 5.32 Å². The molecule has 0 fully saturated rings. The first-order chi connectivity index (χ1) is 7.77. The van der Waals surface area contributed by atoms with E-state index in [9.17, 15) is 0 Å². The van der Waals surface area contributed by atoms with Crippen LogP contribution in [-0.2, 0) is 0 Å². The van der Waals surface area contributed by atoms with Crippen LogP contribution in [-0.4, -0.2) is 23.1 Å². The minimum atomic E-state index is 0.103. The summed E-state index contributed by atoms with van der Waals surface area (Å²) in [5, 5.41) is 20.5. The molecule has 0 saturated carbocycles. The van der Waals surface area contributed by atoms with Crippen molar-refractivity contribution in [3.8, 4) is 12.1 Å². The van der Waals surface area contributed by atoms with Gasteiger partial charge in [0, 0.05) is 5.69 Å². The average molecular weight is 230 g/mol. The number of anilines is 1. The molecule has 16 heavy (non-hydrogen) atoms. The summed E-state index contributed by atoms with van der Waals surface area (Å²) in [4.78, 5) is 1.50. The average Bonchev–Trinajstić information content (AvgIpc) is 2.30. The highest BCUT2D eigenvalue weighted by molar-refractivity contribution is 7.80. The van der Waals surface area contributed by atoms with Crippen LogP contribution in [0.1, 0.15) is 0 Å². The summed E-state index contributed by atoms with van der Waals surface area (Å²) in [5.74, 6) is 0. The maximum absolute atomic E-state index is 8.59. The number of benzene rings is 1. The van der Waals surface area contributed by atoms with E-state index in [0.29, 0.717) is 5.11 Å². The fourth-order valence-corrected chi connectivity index (χ4v) is 1.34. The van der Waals surface area contributed by atoms with Crippen LogP contribution in [0.4, 0.5) is 5.69 Å². The molecule has 0 saturated heterocycles. The van der Waals surface area contributed by atoms with Gasteiger partial charge in [-0.25, -0.2) is 0 Å². The van der Waals surface area contributed by atoms with Crippen LogP contribution >= 0.6 is 12.2 Å². The van der Waals surface area contributed by atoms with Gasteiger partial charge in [0.05, 0.1) is 12.1 Å². The first-order valence-electron chi connectivity index (χ1n) is 4.63. The highest BCUT2D eigenvalue weighted by Gasteiger charge is 2.08. The number of nitriles is 2. The maximum atomic E-state index is 8.59. The Morgan fingerprint density at radius 1 is 1.19 bits per heavy atom. The van der Waals surface area contributed by atoms with E-state index in [1.807, 2.05) is 42.5 Å². The number of hydrogen-bond acceptors (Lipinski definition) is 3. The number of nitrogens with zero attached hydrogens (tertiary/aromatic N) is 3. The topological polar surface area (TPSA) is 62.9 Å². The summed E-state index contributed by atoms with van der Waals surface area (Å²) in [6.45, 7) is 0.207. The molecule has 1 aromatic rings. The molecule has 0 radical (unpaired) electrons. The van der Waals surface area contributed by atoms with E-state index in [0.717, 1.165) is 5.69 Å². The number of thiocarbonyl (C=S) groups is 1. The lowest BCUT2D eigenvalue weighted by Crippen LogP contribution is -2.35. The standard InChI is InChI=1S/C11H10N4S/c12-6-8-15(9-7-13)11(16)14-10-4-2-1-3-5-10/h1-5H,8-9H2,(H,14,16). The molecule has 0 amide bonds. The Bertz CT molecular complexity index is 414. The van der Waals surface area contributed by atoms with Crippen molar-refractivity contribution in [2.24, 2.45) is 0 Å². The second-order valence-electron chi connectivity index (χ2n) is 2.97. The zero-order chi connectivity index (χ0) is 11.8. The van der Waals surface area contributed by atoms with Crippen molar-refractivity contribution in [2.75, 3.05) is 18.4 Å². The number of rotatable bonds is 3. The molecule has 0 aliphatic heterocycles. The molecule has 4 nitrogen and oxygen atoms in total. The van der Waals surface area contributed by atoms with Crippen molar-refractivity contribution in [3.63, 3.8) is 0 Å². The first-order valence-corrected chi connectivity index (χ1v) is 5.03. The number of nitrogens with one attached hydrogen (secondary N) is 1. The van der Waals surface area contributed by atoms with Crippen LogP contribution in [0, 0.1) is 22.7 Å². The molecular formula is C11H10N4S. The van der Waals surface area contributed by atoms with Crippen molar-refractivity contribution in [2.45, 2.75) is 0 Å². The third kappa shape index (κ3) is 3.56. The summed E-state index contributed by atoms with van der Waals surface area (Å²) < 4.78 is 0. The molecule has 0 aliphatic carbocycles. The summed E-state index contributed by atoms with van der Waals surface area (Å²) in [6, 6.07) is 13.3. The van der Waals surface area contributed by atoms with Gasteiger partial charge in [-0.05, 0) is 24.4 Å². The fraction of sp³-hybridized carbons (Fsp3) is 0.182. The minimum absolute atomic E-state index is 0.103. The smallest absolute Gasteiger partial charge is 0.175 e. The van der Waals surface area contributed by atoms with Gasteiger partial charge in [-0.3, -0.25) is 0 Å². The monoisotopic (exact) mass is 230 g/mol. The Morgan fingerprint density at radius 2 is 1.75 bits per heavy atom. The highest BCUT2D eigenvalue weighted by atomic mass is 32.1. The molecule has 0 unspecified atom stereocenters. The van der Waals surface area contributed by atoms with Gasteiger partial charge >= 0.3 is 0 Å². The normalized spacial score (nSPS) is 8.62. The highest BCUT2D eigenvalue weighted by Crippen LogP contribution is 2.06. The SMILES string of the molecule is N#CCN(CC#N)C(=S)Nc1ccccc1. The minimum Gasteiger partial charge on any atom is -0.333 e. The van der Waals surface area contributed by atoms with Crippen molar-refractivity contribution in [1.29, 1.82) is 10.5 Å². The van der Waals surface area contributed by atoms with Crippen molar-refractivity contribution in [1.82, 2.24) is 4.90 Å². The molecule has 0 aliphatic rings. The lowest BCUT2D eigenvalue weighted by atomic mass is 10.3. The Balaban J connectivity index is 2.63. The van der Waals surface area contributed by atoms with Crippen molar-refractivity contribution < 1.29 is 0 Å². The molecule has 1 aromatic carbocycles. The van der Waals surface area contributed by atoms with E-state index in [1.54, 1.807) is 0 Å². The molecule has 5 heteroatoms. The van der Waals surface area contributed by atoms with Gasteiger partial charge in [0.25, 0.3) is 0 Å². The Morgan fingerprint density at radius 3 is 2.25 bits per heavy atom. The van der Waals surface area contributed by atoms with Crippen LogP contribution in [0.2, 0.25) is 0 Å². The summed E-state index contributed by atoms with van der Waals surface area (Å²) >= 11 is 5.10. The van der Waals surface area contributed by atoms with Gasteiger partial charge < -0.3 is 10.2 Å². The largest absolute Gasteiger partial charge is 0.333 e. The molecule has 1 rings (SSSR count). The molecule has 80 valence electrons.